The van der Waals surface area contributed by atoms with Gasteiger partial charge >= 0.3 is 0 Å². The molecule has 0 radical (unpaired) electrons. The smallest absolute Gasteiger partial charge is 0.0531 e. The van der Waals surface area contributed by atoms with Crippen molar-refractivity contribution in [3.8, 4) is 0 Å². The third-order valence-electron chi connectivity index (χ3n) is 3.30. The summed E-state index contributed by atoms with van der Waals surface area (Å²) in [7, 11) is 0. The van der Waals surface area contributed by atoms with E-state index in [2.05, 4.69) is 53.6 Å². The van der Waals surface area contributed by atoms with Crippen LogP contribution in [-0.2, 0) is 0 Å². The van der Waals surface area contributed by atoms with Crippen molar-refractivity contribution < 1.29 is 0 Å². The minimum absolute atomic E-state index is 0.372. The number of anilines is 1. The average molecular weight is 254 g/mol. The van der Waals surface area contributed by atoms with Gasteiger partial charge in [-0.2, -0.15) is 0 Å². The van der Waals surface area contributed by atoms with Gasteiger partial charge in [0.05, 0.1) is 11.7 Å². The van der Waals surface area contributed by atoms with E-state index < -0.39 is 0 Å². The summed E-state index contributed by atoms with van der Waals surface area (Å²) in [4.78, 5) is 4.17. The van der Waals surface area contributed by atoms with Gasteiger partial charge < -0.3 is 5.32 Å². The highest BCUT2D eigenvalue weighted by atomic mass is 14.9. The molecule has 1 N–H and O–H groups in total. The lowest BCUT2D eigenvalue weighted by molar-refractivity contribution is 0.606. The number of aromatic nitrogens is 1. The van der Waals surface area contributed by atoms with E-state index in [1.807, 2.05) is 12.3 Å². The SMILES string of the molecule is CCCCCC(Nc1cccnc1)c1ccccc1. The van der Waals surface area contributed by atoms with Crippen LogP contribution in [0, 0.1) is 0 Å². The first-order valence-electron chi connectivity index (χ1n) is 7.11. The molecule has 19 heavy (non-hydrogen) atoms. The van der Waals surface area contributed by atoms with Gasteiger partial charge in [0.25, 0.3) is 0 Å². The summed E-state index contributed by atoms with van der Waals surface area (Å²) >= 11 is 0. The zero-order valence-electron chi connectivity index (χ0n) is 11.5. The second-order valence-electron chi connectivity index (χ2n) is 4.85. The Bertz CT molecular complexity index is 453. The van der Waals surface area contributed by atoms with Crippen LogP contribution in [0.1, 0.15) is 44.2 Å². The van der Waals surface area contributed by atoms with E-state index in [9.17, 15) is 0 Å². The summed E-state index contributed by atoms with van der Waals surface area (Å²) in [5.74, 6) is 0. The van der Waals surface area contributed by atoms with Crippen LogP contribution in [0.15, 0.2) is 54.9 Å². The molecule has 1 unspecified atom stereocenters. The Kier molecular flexibility index (Phi) is 5.42. The molecule has 1 heterocycles. The van der Waals surface area contributed by atoms with Crippen molar-refractivity contribution in [2.24, 2.45) is 0 Å². The van der Waals surface area contributed by atoms with Gasteiger partial charge in [0, 0.05) is 12.4 Å². The molecule has 2 nitrogen and oxygen atoms in total. The van der Waals surface area contributed by atoms with Crippen LogP contribution in [0.4, 0.5) is 5.69 Å². The molecule has 0 aliphatic carbocycles. The fourth-order valence-corrected chi connectivity index (χ4v) is 2.26. The summed E-state index contributed by atoms with van der Waals surface area (Å²) in [6.45, 7) is 2.24. The van der Waals surface area contributed by atoms with E-state index in [1.165, 1.54) is 24.8 Å². The highest BCUT2D eigenvalue weighted by molar-refractivity contribution is 5.42. The Morgan fingerprint density at radius 3 is 2.58 bits per heavy atom. The number of hydrogen-bond donors (Lipinski definition) is 1. The number of nitrogens with zero attached hydrogens (tertiary/aromatic N) is 1. The lowest BCUT2D eigenvalue weighted by Crippen LogP contribution is -2.10. The molecular formula is C17H22N2. The Morgan fingerprint density at radius 2 is 1.89 bits per heavy atom. The van der Waals surface area contributed by atoms with Gasteiger partial charge in [0.1, 0.15) is 0 Å². The number of hydrogen-bond acceptors (Lipinski definition) is 2. The molecule has 0 spiro atoms. The summed E-state index contributed by atoms with van der Waals surface area (Å²) < 4.78 is 0. The molecule has 2 heteroatoms. The van der Waals surface area contributed by atoms with Crippen LogP contribution in [0.25, 0.3) is 0 Å². The monoisotopic (exact) mass is 254 g/mol. The van der Waals surface area contributed by atoms with Crippen LogP contribution in [0.2, 0.25) is 0 Å². The number of benzene rings is 1. The van der Waals surface area contributed by atoms with Gasteiger partial charge in [-0.05, 0) is 24.1 Å². The van der Waals surface area contributed by atoms with E-state index in [0.29, 0.717) is 6.04 Å². The van der Waals surface area contributed by atoms with Crippen LogP contribution >= 0.6 is 0 Å². The molecule has 0 bridgehead atoms. The first-order chi connectivity index (χ1) is 9.40. The second-order valence-corrected chi connectivity index (χ2v) is 4.85. The van der Waals surface area contributed by atoms with Gasteiger partial charge in [0.2, 0.25) is 0 Å². The van der Waals surface area contributed by atoms with Crippen LogP contribution in [0.5, 0.6) is 0 Å². The molecule has 100 valence electrons. The number of nitrogens with one attached hydrogen (secondary N) is 1. The summed E-state index contributed by atoms with van der Waals surface area (Å²) in [5, 5.41) is 3.59. The molecule has 0 saturated carbocycles. The molecule has 0 aliphatic rings. The molecule has 0 fully saturated rings. The first kappa shape index (κ1) is 13.6. The van der Waals surface area contributed by atoms with Crippen molar-refractivity contribution in [2.45, 2.75) is 38.6 Å². The van der Waals surface area contributed by atoms with Crippen molar-refractivity contribution >= 4 is 5.69 Å². The zero-order chi connectivity index (χ0) is 13.3. The predicted molar refractivity (Wildman–Crippen MR) is 81.2 cm³/mol. The molecule has 0 saturated heterocycles. The highest BCUT2D eigenvalue weighted by Gasteiger charge is 2.10. The van der Waals surface area contributed by atoms with Crippen molar-refractivity contribution in [3.63, 3.8) is 0 Å². The Balaban J connectivity index is 2.06. The summed E-state index contributed by atoms with van der Waals surface area (Å²) in [5.41, 5.74) is 2.44. The molecule has 1 atom stereocenters. The molecule has 1 aromatic carbocycles. The molecule has 1 aromatic heterocycles. The van der Waals surface area contributed by atoms with Gasteiger partial charge in [0.15, 0.2) is 0 Å². The largest absolute Gasteiger partial charge is 0.377 e. The quantitative estimate of drug-likeness (QED) is 0.717. The lowest BCUT2D eigenvalue weighted by atomic mass is 10.0. The standard InChI is InChI=1S/C17H22N2/c1-2-3-5-12-17(15-9-6-4-7-10-15)19-16-11-8-13-18-14-16/h4,6-11,13-14,17,19H,2-3,5,12H2,1H3. The maximum atomic E-state index is 4.17. The molecule has 0 amide bonds. The second kappa shape index (κ2) is 7.57. The number of pyridine rings is 1. The lowest BCUT2D eigenvalue weighted by Gasteiger charge is -2.20. The molecular weight excluding hydrogens is 232 g/mol. The summed E-state index contributed by atoms with van der Waals surface area (Å²) in [6.07, 6.45) is 8.65. The highest BCUT2D eigenvalue weighted by Crippen LogP contribution is 2.24. The van der Waals surface area contributed by atoms with Crippen molar-refractivity contribution in [1.29, 1.82) is 0 Å². The minimum atomic E-state index is 0.372. The number of unbranched alkanes of at least 4 members (excludes halogenated alkanes) is 2. The predicted octanol–water partition coefficient (Wildman–Crippen LogP) is 4.82. The Morgan fingerprint density at radius 1 is 1.05 bits per heavy atom. The fraction of sp³-hybridized carbons (Fsp3) is 0.353. The Labute approximate surface area is 115 Å². The maximum absolute atomic E-state index is 4.17. The normalized spacial score (nSPS) is 12.1. The van der Waals surface area contributed by atoms with Gasteiger partial charge in [-0.1, -0.05) is 56.5 Å². The Hall–Kier alpha value is -1.83. The molecule has 2 rings (SSSR count). The molecule has 2 aromatic rings. The van der Waals surface area contributed by atoms with E-state index in [1.54, 1.807) is 6.20 Å². The topological polar surface area (TPSA) is 24.9 Å². The van der Waals surface area contributed by atoms with Crippen LogP contribution in [0.3, 0.4) is 0 Å². The van der Waals surface area contributed by atoms with Crippen LogP contribution < -0.4 is 5.32 Å². The van der Waals surface area contributed by atoms with Crippen molar-refractivity contribution in [2.75, 3.05) is 5.32 Å². The van der Waals surface area contributed by atoms with Gasteiger partial charge in [-0.15, -0.1) is 0 Å². The van der Waals surface area contributed by atoms with E-state index in [-0.39, 0.29) is 0 Å². The zero-order valence-corrected chi connectivity index (χ0v) is 11.5. The first-order valence-corrected chi connectivity index (χ1v) is 7.11. The molecule has 0 aliphatic heterocycles. The van der Waals surface area contributed by atoms with E-state index >= 15 is 0 Å². The third kappa shape index (κ3) is 4.40. The number of rotatable bonds is 7. The minimum Gasteiger partial charge on any atom is -0.377 e. The fourth-order valence-electron chi connectivity index (χ4n) is 2.26. The van der Waals surface area contributed by atoms with Gasteiger partial charge in [-0.25, -0.2) is 0 Å². The van der Waals surface area contributed by atoms with Crippen LogP contribution in [-0.4, -0.2) is 4.98 Å². The van der Waals surface area contributed by atoms with Gasteiger partial charge in [-0.3, -0.25) is 4.98 Å². The van der Waals surface area contributed by atoms with Crippen molar-refractivity contribution in [1.82, 2.24) is 4.98 Å². The van der Waals surface area contributed by atoms with E-state index in [0.717, 1.165) is 12.1 Å². The average Bonchev–Trinajstić information content (AvgIpc) is 2.48. The maximum Gasteiger partial charge on any atom is 0.0531 e. The van der Waals surface area contributed by atoms with Crippen molar-refractivity contribution in [3.05, 3.63) is 60.4 Å². The summed E-state index contributed by atoms with van der Waals surface area (Å²) in [6, 6.07) is 15.1. The van der Waals surface area contributed by atoms with E-state index in [4.69, 9.17) is 0 Å². The third-order valence-corrected chi connectivity index (χ3v) is 3.30.